The molecule has 110 valence electrons. The van der Waals surface area contributed by atoms with Crippen LogP contribution in [0.25, 0.3) is 0 Å². The zero-order valence-corrected chi connectivity index (χ0v) is 12.7. The van der Waals surface area contributed by atoms with E-state index in [9.17, 15) is 5.11 Å². The van der Waals surface area contributed by atoms with Gasteiger partial charge in [0.25, 0.3) is 0 Å². The van der Waals surface area contributed by atoms with Crippen molar-refractivity contribution in [3.05, 3.63) is 53.1 Å². The molecule has 2 rings (SSSR count). The molecule has 4 nitrogen and oxygen atoms in total. The highest BCUT2D eigenvalue weighted by atomic mass is 35.5. The number of ether oxygens (including phenoxy) is 1. The molecule has 0 saturated carbocycles. The topological polar surface area (TPSA) is 45.1 Å². The summed E-state index contributed by atoms with van der Waals surface area (Å²) in [6.07, 6.45) is 1.67. The molecule has 0 bridgehead atoms. The lowest BCUT2D eigenvalue weighted by atomic mass is 10.2. The lowest BCUT2D eigenvalue weighted by Crippen LogP contribution is -2.08. The summed E-state index contributed by atoms with van der Waals surface area (Å²) < 4.78 is 5.34. The van der Waals surface area contributed by atoms with E-state index in [1.165, 1.54) is 0 Å². The third kappa shape index (κ3) is 3.89. The second-order valence-corrected chi connectivity index (χ2v) is 4.79. The van der Waals surface area contributed by atoms with Gasteiger partial charge in [-0.3, -0.25) is 5.01 Å². The molecule has 0 unspecified atom stereocenters. The molecule has 0 atom stereocenters. The van der Waals surface area contributed by atoms with E-state index >= 15 is 0 Å². The molecule has 0 radical (unpaired) electrons. The summed E-state index contributed by atoms with van der Waals surface area (Å²) in [5.41, 5.74) is 1.73. The molecule has 0 aliphatic heterocycles. The normalized spacial score (nSPS) is 10.8. The quantitative estimate of drug-likeness (QED) is 0.673. The smallest absolute Gasteiger partial charge is 0.176 e. The van der Waals surface area contributed by atoms with Gasteiger partial charge in [0.2, 0.25) is 0 Å². The summed E-state index contributed by atoms with van der Waals surface area (Å²) >= 11 is 5.98. The van der Waals surface area contributed by atoms with Gasteiger partial charge in [0.05, 0.1) is 23.5 Å². The second-order valence-electron chi connectivity index (χ2n) is 4.39. The van der Waals surface area contributed by atoms with Crippen LogP contribution in [0.4, 0.5) is 5.69 Å². The highest BCUT2D eigenvalue weighted by molar-refractivity contribution is 6.32. The Morgan fingerprint density at radius 3 is 2.67 bits per heavy atom. The maximum absolute atomic E-state index is 9.80. The van der Waals surface area contributed by atoms with Crippen LogP contribution in [0.5, 0.6) is 11.5 Å². The summed E-state index contributed by atoms with van der Waals surface area (Å²) in [7, 11) is 1.86. The van der Waals surface area contributed by atoms with Crippen molar-refractivity contribution < 1.29 is 9.84 Å². The van der Waals surface area contributed by atoms with E-state index in [4.69, 9.17) is 16.3 Å². The molecule has 0 amide bonds. The number of aromatic hydroxyl groups is 1. The van der Waals surface area contributed by atoms with Crippen molar-refractivity contribution in [2.45, 2.75) is 6.92 Å². The molecular weight excluding hydrogens is 288 g/mol. The molecular formula is C16H17ClN2O2. The van der Waals surface area contributed by atoms with Crippen molar-refractivity contribution in [1.82, 2.24) is 0 Å². The predicted molar refractivity (Wildman–Crippen MR) is 86.7 cm³/mol. The molecule has 0 saturated heterocycles. The standard InChI is InChI=1S/C16H17ClN2O2/c1-3-21-15-10-12(9-14(17)16(15)20)11-18-19(2)13-7-5-4-6-8-13/h4-11,20H,3H2,1-2H3/b18-11+. The van der Waals surface area contributed by atoms with Gasteiger partial charge in [0, 0.05) is 7.05 Å². The fraction of sp³-hybridized carbons (Fsp3) is 0.188. The van der Waals surface area contributed by atoms with Crippen molar-refractivity contribution in [1.29, 1.82) is 0 Å². The molecule has 2 aromatic carbocycles. The van der Waals surface area contributed by atoms with Crippen LogP contribution in [0.15, 0.2) is 47.6 Å². The number of benzene rings is 2. The Morgan fingerprint density at radius 1 is 1.29 bits per heavy atom. The van der Waals surface area contributed by atoms with Crippen molar-refractivity contribution >= 4 is 23.5 Å². The number of phenolic OH excluding ortho intramolecular Hbond substituents is 1. The van der Waals surface area contributed by atoms with Gasteiger partial charge in [-0.05, 0) is 36.8 Å². The third-order valence-electron chi connectivity index (χ3n) is 2.86. The van der Waals surface area contributed by atoms with E-state index in [0.717, 1.165) is 11.3 Å². The fourth-order valence-corrected chi connectivity index (χ4v) is 2.02. The summed E-state index contributed by atoms with van der Waals surface area (Å²) in [5.74, 6) is 0.306. The van der Waals surface area contributed by atoms with Crippen LogP contribution in [-0.2, 0) is 0 Å². The van der Waals surface area contributed by atoms with Gasteiger partial charge in [0.1, 0.15) is 0 Å². The largest absolute Gasteiger partial charge is 0.503 e. The van der Waals surface area contributed by atoms with Crippen molar-refractivity contribution in [3.63, 3.8) is 0 Å². The first-order chi connectivity index (χ1) is 10.1. The van der Waals surface area contributed by atoms with E-state index in [2.05, 4.69) is 5.10 Å². The van der Waals surface area contributed by atoms with Gasteiger partial charge in [0.15, 0.2) is 11.5 Å². The van der Waals surface area contributed by atoms with E-state index in [1.54, 1.807) is 23.4 Å². The fourth-order valence-electron chi connectivity index (χ4n) is 1.80. The number of halogens is 1. The van der Waals surface area contributed by atoms with Crippen LogP contribution in [0, 0.1) is 0 Å². The summed E-state index contributed by atoms with van der Waals surface area (Å²) in [6, 6.07) is 13.1. The summed E-state index contributed by atoms with van der Waals surface area (Å²) in [4.78, 5) is 0. The molecule has 21 heavy (non-hydrogen) atoms. The number of hydrogen-bond acceptors (Lipinski definition) is 4. The van der Waals surface area contributed by atoms with E-state index in [0.29, 0.717) is 12.4 Å². The van der Waals surface area contributed by atoms with Crippen molar-refractivity contribution in [3.8, 4) is 11.5 Å². The van der Waals surface area contributed by atoms with Gasteiger partial charge >= 0.3 is 0 Å². The maximum atomic E-state index is 9.80. The Kier molecular flexibility index (Phi) is 5.06. The number of nitrogens with zero attached hydrogens (tertiary/aromatic N) is 2. The Morgan fingerprint density at radius 2 is 2.00 bits per heavy atom. The molecule has 1 N–H and O–H groups in total. The van der Waals surface area contributed by atoms with Crippen molar-refractivity contribution in [2.24, 2.45) is 5.10 Å². The first kappa shape index (κ1) is 15.2. The van der Waals surface area contributed by atoms with Gasteiger partial charge in [-0.15, -0.1) is 0 Å². The van der Waals surface area contributed by atoms with E-state index in [1.807, 2.05) is 44.3 Å². The minimum atomic E-state index is -0.0490. The Balaban J connectivity index is 2.21. The van der Waals surface area contributed by atoms with Crippen LogP contribution >= 0.6 is 11.6 Å². The van der Waals surface area contributed by atoms with Crippen LogP contribution in [0.3, 0.4) is 0 Å². The number of para-hydroxylation sites is 1. The number of rotatable bonds is 5. The molecule has 0 fully saturated rings. The minimum Gasteiger partial charge on any atom is -0.503 e. The Hall–Kier alpha value is -2.20. The zero-order chi connectivity index (χ0) is 15.2. The van der Waals surface area contributed by atoms with Gasteiger partial charge in [-0.2, -0.15) is 5.10 Å². The van der Waals surface area contributed by atoms with E-state index < -0.39 is 0 Å². The average Bonchev–Trinajstić information content (AvgIpc) is 2.50. The summed E-state index contributed by atoms with van der Waals surface area (Å²) in [5, 5.41) is 16.1. The second kappa shape index (κ2) is 6.99. The zero-order valence-electron chi connectivity index (χ0n) is 12.0. The highest BCUT2D eigenvalue weighted by Crippen LogP contribution is 2.34. The maximum Gasteiger partial charge on any atom is 0.176 e. The number of hydrogen-bond donors (Lipinski definition) is 1. The molecule has 0 aliphatic carbocycles. The predicted octanol–water partition coefficient (Wildman–Crippen LogP) is 3.91. The number of phenols is 1. The third-order valence-corrected chi connectivity index (χ3v) is 3.15. The van der Waals surface area contributed by atoms with Crippen LogP contribution in [0.2, 0.25) is 5.02 Å². The number of hydrazone groups is 1. The van der Waals surface area contributed by atoms with Crippen LogP contribution in [0.1, 0.15) is 12.5 Å². The Bertz CT molecular complexity index is 630. The average molecular weight is 305 g/mol. The number of anilines is 1. The minimum absolute atomic E-state index is 0.0490. The molecule has 0 spiro atoms. The lowest BCUT2D eigenvalue weighted by molar-refractivity contribution is 0.318. The highest BCUT2D eigenvalue weighted by Gasteiger charge is 2.08. The SMILES string of the molecule is CCOc1cc(/C=N/N(C)c2ccccc2)cc(Cl)c1O. The summed E-state index contributed by atoms with van der Waals surface area (Å²) in [6.45, 7) is 2.30. The Labute approximate surface area is 129 Å². The first-order valence-corrected chi connectivity index (χ1v) is 6.97. The monoisotopic (exact) mass is 304 g/mol. The van der Waals surface area contributed by atoms with Gasteiger partial charge < -0.3 is 9.84 Å². The van der Waals surface area contributed by atoms with E-state index in [-0.39, 0.29) is 10.8 Å². The van der Waals surface area contributed by atoms with Crippen LogP contribution < -0.4 is 9.75 Å². The molecule has 0 aliphatic rings. The lowest BCUT2D eigenvalue weighted by Gasteiger charge is -2.12. The molecule has 0 heterocycles. The molecule has 0 aromatic heterocycles. The van der Waals surface area contributed by atoms with Gasteiger partial charge in [-0.25, -0.2) is 0 Å². The molecule has 5 heteroatoms. The first-order valence-electron chi connectivity index (χ1n) is 6.60. The van der Waals surface area contributed by atoms with Crippen LogP contribution in [-0.4, -0.2) is 25.0 Å². The van der Waals surface area contributed by atoms with Crippen molar-refractivity contribution in [2.75, 3.05) is 18.7 Å². The van der Waals surface area contributed by atoms with Gasteiger partial charge in [-0.1, -0.05) is 29.8 Å². The molecule has 2 aromatic rings.